The fraction of sp³-hybridized carbons (Fsp3) is 0.167. The molecule has 0 saturated carbocycles. The summed E-state index contributed by atoms with van der Waals surface area (Å²) in [5, 5.41) is 12.1. The Bertz CT molecular complexity index is 1070. The molecule has 3 aromatic rings. The van der Waals surface area contributed by atoms with Crippen molar-refractivity contribution in [2.45, 2.75) is 19.8 Å². The lowest BCUT2D eigenvalue weighted by Gasteiger charge is -2.16. The Morgan fingerprint density at radius 1 is 0.931 bits per heavy atom. The first kappa shape index (κ1) is 18.7. The largest absolute Gasteiger partial charge is 0.478 e. The van der Waals surface area contributed by atoms with Gasteiger partial charge in [-0.1, -0.05) is 54.6 Å². The molecule has 0 radical (unpaired) electrons. The van der Waals surface area contributed by atoms with Crippen molar-refractivity contribution in [2.24, 2.45) is 0 Å². The van der Waals surface area contributed by atoms with E-state index in [1.54, 1.807) is 19.1 Å². The van der Waals surface area contributed by atoms with Gasteiger partial charge in [0.1, 0.15) is 6.61 Å². The highest BCUT2D eigenvalue weighted by Crippen LogP contribution is 2.44. The van der Waals surface area contributed by atoms with Crippen LogP contribution in [-0.4, -0.2) is 23.8 Å². The molecule has 0 atom stereocenters. The lowest BCUT2D eigenvalue weighted by atomic mass is 9.98. The van der Waals surface area contributed by atoms with Crippen LogP contribution in [0.5, 0.6) is 0 Å². The van der Waals surface area contributed by atoms with Gasteiger partial charge in [0.05, 0.1) is 11.3 Å². The number of ether oxygens (including phenoxy) is 1. The molecule has 0 bridgehead atoms. The lowest BCUT2D eigenvalue weighted by molar-refractivity contribution is 0.0697. The minimum atomic E-state index is -1.08. The highest BCUT2D eigenvalue weighted by molar-refractivity contribution is 6.00. The monoisotopic (exact) mass is 387 g/mol. The molecule has 0 aromatic heterocycles. The van der Waals surface area contributed by atoms with Crippen molar-refractivity contribution >= 4 is 17.7 Å². The van der Waals surface area contributed by atoms with E-state index in [0.29, 0.717) is 5.56 Å². The van der Waals surface area contributed by atoms with Crippen LogP contribution in [0.4, 0.5) is 10.5 Å². The Hall–Kier alpha value is -3.60. The molecule has 2 N–H and O–H groups in total. The van der Waals surface area contributed by atoms with Crippen molar-refractivity contribution in [1.29, 1.82) is 0 Å². The number of nitrogens with one attached hydrogen (secondary N) is 1. The number of benzene rings is 3. The van der Waals surface area contributed by atoms with E-state index >= 15 is 0 Å². The van der Waals surface area contributed by atoms with E-state index < -0.39 is 12.1 Å². The highest BCUT2D eigenvalue weighted by Gasteiger charge is 2.29. The van der Waals surface area contributed by atoms with E-state index in [-0.39, 0.29) is 23.8 Å². The quantitative estimate of drug-likeness (QED) is 0.632. The number of rotatable bonds is 4. The Balaban J connectivity index is 1.53. The van der Waals surface area contributed by atoms with Crippen LogP contribution in [0.25, 0.3) is 11.1 Å². The second kappa shape index (κ2) is 7.43. The third-order valence-electron chi connectivity index (χ3n) is 5.53. The Morgan fingerprint density at radius 2 is 1.52 bits per heavy atom. The number of carboxylic acids is 1. The first-order valence-electron chi connectivity index (χ1n) is 9.43. The normalized spacial score (nSPS) is 12.2. The second-order valence-electron chi connectivity index (χ2n) is 7.19. The molecule has 0 unspecified atom stereocenters. The molecule has 5 nitrogen and oxygen atoms in total. The average Bonchev–Trinajstić information content (AvgIpc) is 3.03. The van der Waals surface area contributed by atoms with Crippen LogP contribution in [0.15, 0.2) is 60.7 Å². The molecule has 1 aliphatic rings. The van der Waals surface area contributed by atoms with Crippen molar-refractivity contribution in [3.8, 4) is 11.1 Å². The molecule has 0 aliphatic heterocycles. The fourth-order valence-corrected chi connectivity index (χ4v) is 3.94. The van der Waals surface area contributed by atoms with Crippen LogP contribution >= 0.6 is 0 Å². The van der Waals surface area contributed by atoms with E-state index in [1.807, 2.05) is 43.3 Å². The van der Waals surface area contributed by atoms with Crippen LogP contribution in [0.3, 0.4) is 0 Å². The number of hydrogen-bond donors (Lipinski definition) is 2. The maximum Gasteiger partial charge on any atom is 0.411 e. The van der Waals surface area contributed by atoms with Crippen LogP contribution in [0, 0.1) is 13.8 Å². The summed E-state index contributed by atoms with van der Waals surface area (Å²) in [6, 6.07) is 19.6. The third-order valence-corrected chi connectivity index (χ3v) is 5.53. The summed E-state index contributed by atoms with van der Waals surface area (Å²) in [5.41, 5.74) is 6.34. The minimum Gasteiger partial charge on any atom is -0.478 e. The van der Waals surface area contributed by atoms with Gasteiger partial charge in [0, 0.05) is 5.92 Å². The van der Waals surface area contributed by atoms with E-state index in [4.69, 9.17) is 4.74 Å². The standard InChI is InChI=1S/C24H21NO4/c1-14-11-12-21(22(15(14)2)23(26)27)25-24(28)29-13-20-18-9-5-3-7-16(18)17-8-4-6-10-19(17)20/h3-12,20H,13H2,1-2H3,(H,25,28)(H,26,27). The smallest absolute Gasteiger partial charge is 0.411 e. The zero-order valence-corrected chi connectivity index (χ0v) is 16.2. The zero-order valence-electron chi connectivity index (χ0n) is 16.2. The van der Waals surface area contributed by atoms with Crippen molar-refractivity contribution in [2.75, 3.05) is 11.9 Å². The maximum atomic E-state index is 12.4. The third kappa shape index (κ3) is 3.36. The van der Waals surface area contributed by atoms with Gasteiger partial charge < -0.3 is 9.84 Å². The number of carbonyl (C=O) groups excluding carboxylic acids is 1. The predicted molar refractivity (Wildman–Crippen MR) is 112 cm³/mol. The first-order chi connectivity index (χ1) is 14.0. The molecular formula is C24H21NO4. The second-order valence-corrected chi connectivity index (χ2v) is 7.19. The van der Waals surface area contributed by atoms with Crippen molar-refractivity contribution in [3.05, 3.63) is 88.5 Å². The summed E-state index contributed by atoms with van der Waals surface area (Å²) in [6.45, 7) is 3.73. The molecule has 1 amide bonds. The minimum absolute atomic E-state index is 0.0492. The van der Waals surface area contributed by atoms with Gasteiger partial charge in [-0.25, -0.2) is 9.59 Å². The zero-order chi connectivity index (χ0) is 20.5. The van der Waals surface area contributed by atoms with Crippen LogP contribution in [-0.2, 0) is 4.74 Å². The fourth-order valence-electron chi connectivity index (χ4n) is 3.94. The van der Waals surface area contributed by atoms with E-state index in [1.165, 1.54) is 0 Å². The summed E-state index contributed by atoms with van der Waals surface area (Å²) in [5.74, 6) is -1.13. The summed E-state index contributed by atoms with van der Waals surface area (Å²) in [4.78, 5) is 24.1. The van der Waals surface area contributed by atoms with Crippen molar-refractivity contribution < 1.29 is 19.4 Å². The summed E-state index contributed by atoms with van der Waals surface area (Å²) < 4.78 is 5.51. The van der Waals surface area contributed by atoms with Gasteiger partial charge in [-0.2, -0.15) is 0 Å². The number of anilines is 1. The maximum absolute atomic E-state index is 12.4. The van der Waals surface area contributed by atoms with Crippen LogP contribution in [0.2, 0.25) is 0 Å². The topological polar surface area (TPSA) is 75.6 Å². The van der Waals surface area contributed by atoms with Crippen LogP contribution in [0.1, 0.15) is 38.5 Å². The molecule has 29 heavy (non-hydrogen) atoms. The van der Waals surface area contributed by atoms with Crippen molar-refractivity contribution in [3.63, 3.8) is 0 Å². The van der Waals surface area contributed by atoms with Crippen LogP contribution < -0.4 is 5.32 Å². The first-order valence-corrected chi connectivity index (χ1v) is 9.43. The van der Waals surface area contributed by atoms with Gasteiger partial charge in [0.25, 0.3) is 0 Å². The Kier molecular flexibility index (Phi) is 4.80. The molecule has 0 saturated heterocycles. The van der Waals surface area contributed by atoms with E-state index in [0.717, 1.165) is 27.8 Å². The predicted octanol–water partition coefficient (Wildman–Crippen LogP) is 5.36. The summed E-state index contributed by atoms with van der Waals surface area (Å²) in [6.07, 6.45) is -0.669. The number of carboxylic acid groups (broad SMARTS) is 1. The highest BCUT2D eigenvalue weighted by atomic mass is 16.5. The summed E-state index contributed by atoms with van der Waals surface area (Å²) >= 11 is 0. The van der Waals surface area contributed by atoms with E-state index in [2.05, 4.69) is 17.4 Å². The van der Waals surface area contributed by atoms with Gasteiger partial charge in [-0.15, -0.1) is 0 Å². The van der Waals surface area contributed by atoms with Gasteiger partial charge in [0.15, 0.2) is 0 Å². The number of carbonyl (C=O) groups is 2. The van der Waals surface area contributed by atoms with Gasteiger partial charge >= 0.3 is 12.1 Å². The molecule has 4 rings (SSSR count). The number of aryl methyl sites for hydroxylation is 1. The van der Waals surface area contributed by atoms with Gasteiger partial charge in [-0.3, -0.25) is 5.32 Å². The number of fused-ring (bicyclic) bond motifs is 3. The van der Waals surface area contributed by atoms with E-state index in [9.17, 15) is 14.7 Å². The molecule has 146 valence electrons. The molecule has 3 aromatic carbocycles. The van der Waals surface area contributed by atoms with Gasteiger partial charge in [-0.05, 0) is 53.3 Å². The number of aromatic carboxylic acids is 1. The molecular weight excluding hydrogens is 366 g/mol. The SMILES string of the molecule is Cc1ccc(NC(=O)OCC2c3ccccc3-c3ccccc32)c(C(=O)O)c1C. The molecule has 0 heterocycles. The Labute approximate surface area is 169 Å². The molecule has 1 aliphatic carbocycles. The Morgan fingerprint density at radius 3 is 2.10 bits per heavy atom. The molecule has 0 fully saturated rings. The summed E-state index contributed by atoms with van der Waals surface area (Å²) in [7, 11) is 0. The lowest BCUT2D eigenvalue weighted by Crippen LogP contribution is -2.20. The molecule has 0 spiro atoms. The van der Waals surface area contributed by atoms with Gasteiger partial charge in [0.2, 0.25) is 0 Å². The van der Waals surface area contributed by atoms with Crippen molar-refractivity contribution in [1.82, 2.24) is 0 Å². The number of hydrogen-bond acceptors (Lipinski definition) is 3. The molecule has 5 heteroatoms. The average molecular weight is 387 g/mol. The number of amides is 1.